The molecular weight excluding hydrogens is 418 g/mol. The fraction of sp³-hybridized carbons (Fsp3) is 0.280. The van der Waals surface area contributed by atoms with Crippen molar-refractivity contribution in [1.29, 1.82) is 0 Å². The molecule has 0 atom stereocenters. The third-order valence-electron chi connectivity index (χ3n) is 5.60. The largest absolute Gasteiger partial charge is 0.369 e. The smallest absolute Gasteiger partial charge is 0.123 e. The van der Waals surface area contributed by atoms with Crippen LogP contribution in [0.3, 0.4) is 0 Å². The van der Waals surface area contributed by atoms with Crippen LogP contribution in [-0.2, 0) is 4.74 Å². The standard InChI is InChI=1S/C25H25ClF2N2O/c26-21-5-11-24(12-6-21)30-15-13-29(14-16-30)17-18-31-25(19-1-7-22(27)8-2-19)20-3-9-23(28)10-4-20/h1-12,25H,13-18H2. The maximum absolute atomic E-state index is 13.4. The number of hydrogen-bond donors (Lipinski definition) is 0. The van der Waals surface area contributed by atoms with Crippen LogP contribution in [0.2, 0.25) is 5.02 Å². The van der Waals surface area contributed by atoms with Crippen LogP contribution in [0.25, 0.3) is 0 Å². The molecule has 3 aromatic carbocycles. The van der Waals surface area contributed by atoms with Gasteiger partial charge in [0.15, 0.2) is 0 Å². The second-order valence-electron chi connectivity index (χ2n) is 7.66. The second kappa shape index (κ2) is 10.2. The lowest BCUT2D eigenvalue weighted by atomic mass is 10.0. The molecule has 0 amide bonds. The van der Waals surface area contributed by atoms with Gasteiger partial charge < -0.3 is 9.64 Å². The fourth-order valence-electron chi connectivity index (χ4n) is 3.84. The van der Waals surface area contributed by atoms with E-state index in [0.717, 1.165) is 48.9 Å². The molecule has 162 valence electrons. The molecule has 3 aromatic rings. The predicted molar refractivity (Wildman–Crippen MR) is 121 cm³/mol. The van der Waals surface area contributed by atoms with E-state index in [1.807, 2.05) is 12.1 Å². The molecule has 0 radical (unpaired) electrons. The highest BCUT2D eigenvalue weighted by molar-refractivity contribution is 6.30. The topological polar surface area (TPSA) is 15.7 Å². The van der Waals surface area contributed by atoms with E-state index in [2.05, 4.69) is 21.9 Å². The maximum atomic E-state index is 13.4. The summed E-state index contributed by atoms with van der Waals surface area (Å²) in [4.78, 5) is 4.73. The molecule has 0 aromatic heterocycles. The van der Waals surface area contributed by atoms with Crippen molar-refractivity contribution in [3.63, 3.8) is 0 Å². The molecule has 0 aliphatic carbocycles. The van der Waals surface area contributed by atoms with Gasteiger partial charge in [-0.05, 0) is 59.7 Å². The number of hydrogen-bond acceptors (Lipinski definition) is 3. The lowest BCUT2D eigenvalue weighted by Crippen LogP contribution is -2.47. The maximum Gasteiger partial charge on any atom is 0.123 e. The molecule has 31 heavy (non-hydrogen) atoms. The van der Waals surface area contributed by atoms with Gasteiger partial charge in [0.1, 0.15) is 17.7 Å². The van der Waals surface area contributed by atoms with Crippen molar-refractivity contribution < 1.29 is 13.5 Å². The van der Waals surface area contributed by atoms with Crippen molar-refractivity contribution in [3.05, 3.63) is 101 Å². The van der Waals surface area contributed by atoms with E-state index in [1.165, 1.54) is 30.0 Å². The number of ether oxygens (including phenoxy) is 1. The lowest BCUT2D eigenvalue weighted by molar-refractivity contribution is 0.0586. The summed E-state index contributed by atoms with van der Waals surface area (Å²) in [7, 11) is 0. The van der Waals surface area contributed by atoms with Gasteiger partial charge in [0.05, 0.1) is 6.61 Å². The average molecular weight is 443 g/mol. The summed E-state index contributed by atoms with van der Waals surface area (Å²) in [6, 6.07) is 20.5. The van der Waals surface area contributed by atoms with Gasteiger partial charge >= 0.3 is 0 Å². The van der Waals surface area contributed by atoms with Crippen LogP contribution in [0.1, 0.15) is 17.2 Å². The summed E-state index contributed by atoms with van der Waals surface area (Å²) < 4.78 is 32.9. The Morgan fingerprint density at radius 2 is 1.26 bits per heavy atom. The Kier molecular flexibility index (Phi) is 7.17. The van der Waals surface area contributed by atoms with Crippen molar-refractivity contribution >= 4 is 17.3 Å². The first kappa shape index (κ1) is 21.8. The molecule has 0 unspecified atom stereocenters. The Balaban J connectivity index is 1.33. The van der Waals surface area contributed by atoms with Gasteiger partial charge in [0, 0.05) is 43.4 Å². The minimum atomic E-state index is -0.364. The van der Waals surface area contributed by atoms with E-state index in [4.69, 9.17) is 16.3 Å². The van der Waals surface area contributed by atoms with E-state index in [-0.39, 0.29) is 17.7 Å². The number of nitrogens with zero attached hydrogens (tertiary/aromatic N) is 2. The first-order chi connectivity index (χ1) is 15.1. The molecular formula is C25H25ClF2N2O. The van der Waals surface area contributed by atoms with Crippen LogP contribution in [0.15, 0.2) is 72.8 Å². The molecule has 0 N–H and O–H groups in total. The molecule has 1 aliphatic heterocycles. The summed E-state index contributed by atoms with van der Waals surface area (Å²) in [5.74, 6) is -0.583. The Bertz CT molecular complexity index is 911. The van der Waals surface area contributed by atoms with E-state index in [1.54, 1.807) is 24.3 Å². The quantitative estimate of drug-likeness (QED) is 0.477. The molecule has 3 nitrogen and oxygen atoms in total. The van der Waals surface area contributed by atoms with Crippen molar-refractivity contribution in [2.75, 3.05) is 44.2 Å². The fourth-order valence-corrected chi connectivity index (χ4v) is 3.97. The van der Waals surface area contributed by atoms with E-state index in [9.17, 15) is 8.78 Å². The number of anilines is 1. The molecule has 1 aliphatic rings. The summed E-state index contributed by atoms with van der Waals surface area (Å²) >= 11 is 5.98. The molecule has 1 fully saturated rings. The Labute approximate surface area is 186 Å². The van der Waals surface area contributed by atoms with Crippen molar-refractivity contribution in [3.8, 4) is 0 Å². The molecule has 4 rings (SSSR count). The first-order valence-electron chi connectivity index (χ1n) is 10.4. The molecule has 1 heterocycles. The number of halogens is 3. The van der Waals surface area contributed by atoms with E-state index >= 15 is 0 Å². The highest BCUT2D eigenvalue weighted by atomic mass is 35.5. The minimum Gasteiger partial charge on any atom is -0.369 e. The summed E-state index contributed by atoms with van der Waals surface area (Å²) in [5, 5.41) is 0.747. The molecule has 0 saturated carbocycles. The van der Waals surface area contributed by atoms with Crippen LogP contribution in [0, 0.1) is 11.6 Å². The zero-order valence-electron chi connectivity index (χ0n) is 17.2. The van der Waals surface area contributed by atoms with Gasteiger partial charge in [-0.15, -0.1) is 0 Å². The van der Waals surface area contributed by atoms with Gasteiger partial charge in [0.2, 0.25) is 0 Å². The normalized spacial score (nSPS) is 14.9. The zero-order valence-corrected chi connectivity index (χ0v) is 17.9. The molecule has 0 spiro atoms. The average Bonchev–Trinajstić information content (AvgIpc) is 2.79. The van der Waals surface area contributed by atoms with Crippen molar-refractivity contribution in [2.45, 2.75) is 6.10 Å². The lowest BCUT2D eigenvalue weighted by Gasteiger charge is -2.36. The monoisotopic (exact) mass is 442 g/mol. The Morgan fingerprint density at radius 1 is 0.742 bits per heavy atom. The van der Waals surface area contributed by atoms with Crippen LogP contribution in [-0.4, -0.2) is 44.2 Å². The van der Waals surface area contributed by atoms with Crippen LogP contribution < -0.4 is 4.90 Å². The van der Waals surface area contributed by atoms with E-state index in [0.29, 0.717) is 6.61 Å². The SMILES string of the molecule is Fc1ccc(C(OCCN2CCN(c3ccc(Cl)cc3)CC2)c2ccc(F)cc2)cc1. The van der Waals surface area contributed by atoms with Crippen LogP contribution in [0.4, 0.5) is 14.5 Å². The van der Waals surface area contributed by atoms with Gasteiger partial charge in [0.25, 0.3) is 0 Å². The third-order valence-corrected chi connectivity index (χ3v) is 5.85. The summed E-state index contributed by atoms with van der Waals surface area (Å²) in [6.45, 7) is 5.11. The number of rotatable bonds is 7. The van der Waals surface area contributed by atoms with E-state index < -0.39 is 0 Å². The van der Waals surface area contributed by atoms with Gasteiger partial charge in [-0.1, -0.05) is 35.9 Å². The molecule has 1 saturated heterocycles. The molecule has 6 heteroatoms. The Hall–Kier alpha value is -2.47. The Morgan fingerprint density at radius 3 is 1.77 bits per heavy atom. The first-order valence-corrected chi connectivity index (χ1v) is 10.8. The highest BCUT2D eigenvalue weighted by Crippen LogP contribution is 2.27. The van der Waals surface area contributed by atoms with Gasteiger partial charge in [-0.3, -0.25) is 4.90 Å². The zero-order chi connectivity index (χ0) is 21.6. The summed E-state index contributed by atoms with van der Waals surface area (Å²) in [6.07, 6.45) is -0.364. The van der Waals surface area contributed by atoms with Gasteiger partial charge in [-0.2, -0.15) is 0 Å². The summed E-state index contributed by atoms with van der Waals surface area (Å²) in [5.41, 5.74) is 2.88. The van der Waals surface area contributed by atoms with Crippen LogP contribution in [0.5, 0.6) is 0 Å². The number of piperazine rings is 1. The third kappa shape index (κ3) is 5.82. The van der Waals surface area contributed by atoms with Gasteiger partial charge in [-0.25, -0.2) is 8.78 Å². The van der Waals surface area contributed by atoms with Crippen LogP contribution >= 0.6 is 11.6 Å². The number of benzene rings is 3. The highest BCUT2D eigenvalue weighted by Gasteiger charge is 2.19. The minimum absolute atomic E-state index is 0.292. The molecule has 0 bridgehead atoms. The second-order valence-corrected chi connectivity index (χ2v) is 8.10. The van der Waals surface area contributed by atoms with Crippen molar-refractivity contribution in [1.82, 2.24) is 4.90 Å². The van der Waals surface area contributed by atoms with Crippen molar-refractivity contribution in [2.24, 2.45) is 0 Å². The predicted octanol–water partition coefficient (Wildman–Crippen LogP) is 5.55.